The summed E-state index contributed by atoms with van der Waals surface area (Å²) in [5.74, 6) is 1.47. The fourth-order valence-corrected chi connectivity index (χ4v) is 3.74. The molecule has 4 rings (SSSR count). The van der Waals surface area contributed by atoms with Gasteiger partial charge in [0.15, 0.2) is 11.5 Å². The van der Waals surface area contributed by atoms with Crippen molar-refractivity contribution in [3.05, 3.63) is 59.7 Å². The van der Waals surface area contributed by atoms with Crippen LogP contribution in [0, 0.1) is 5.92 Å². The molecule has 0 atom stereocenters. The molecule has 1 N–H and O–H groups in total. The zero-order valence-electron chi connectivity index (χ0n) is 15.7. The summed E-state index contributed by atoms with van der Waals surface area (Å²) in [5.41, 5.74) is 1.81. The topological polar surface area (TPSA) is 67.9 Å². The van der Waals surface area contributed by atoms with Crippen LogP contribution in [0.5, 0.6) is 11.5 Å². The minimum atomic E-state index is -0.286. The molecular weight excluding hydrogens is 356 g/mol. The highest BCUT2D eigenvalue weighted by Gasteiger charge is 2.23. The lowest BCUT2D eigenvalue weighted by Gasteiger charge is -2.32. The molecule has 0 saturated carbocycles. The molecule has 28 heavy (non-hydrogen) atoms. The molecule has 0 unspecified atom stereocenters. The molecule has 6 heteroatoms. The summed E-state index contributed by atoms with van der Waals surface area (Å²) in [6.07, 6.45) is 3.05. The second kappa shape index (κ2) is 8.33. The number of nitrogens with zero attached hydrogens (tertiary/aromatic N) is 1. The van der Waals surface area contributed by atoms with Gasteiger partial charge in [0.05, 0.1) is 6.54 Å². The highest BCUT2D eigenvalue weighted by molar-refractivity contribution is 5.97. The van der Waals surface area contributed by atoms with Gasteiger partial charge in [-0.2, -0.15) is 0 Å². The van der Waals surface area contributed by atoms with Gasteiger partial charge in [0.2, 0.25) is 12.7 Å². The van der Waals surface area contributed by atoms with E-state index in [0.717, 1.165) is 32.4 Å². The maximum atomic E-state index is 12.5. The number of hydrogen-bond donors (Lipinski definition) is 1. The van der Waals surface area contributed by atoms with E-state index in [1.807, 2.05) is 11.0 Å². The number of piperidine rings is 1. The van der Waals surface area contributed by atoms with Gasteiger partial charge in [-0.1, -0.05) is 30.3 Å². The first-order chi connectivity index (χ1) is 13.7. The Bertz CT molecular complexity index is 845. The van der Waals surface area contributed by atoms with Gasteiger partial charge in [0.1, 0.15) is 0 Å². The fourth-order valence-electron chi connectivity index (χ4n) is 3.74. The van der Waals surface area contributed by atoms with Crippen molar-refractivity contribution in [2.75, 3.05) is 26.4 Å². The fraction of sp³-hybridized carbons (Fsp3) is 0.364. The first-order valence-corrected chi connectivity index (χ1v) is 9.68. The second-order valence-corrected chi connectivity index (χ2v) is 7.26. The number of nitrogens with one attached hydrogen (secondary N) is 1. The molecule has 2 heterocycles. The minimum Gasteiger partial charge on any atom is -0.454 e. The number of fused-ring (bicyclic) bond motifs is 1. The van der Waals surface area contributed by atoms with Crippen molar-refractivity contribution in [2.24, 2.45) is 5.92 Å². The van der Waals surface area contributed by atoms with Gasteiger partial charge in [0.25, 0.3) is 5.91 Å². The molecule has 2 aliphatic heterocycles. The third-order valence-corrected chi connectivity index (χ3v) is 5.37. The largest absolute Gasteiger partial charge is 0.454 e. The monoisotopic (exact) mass is 380 g/mol. The van der Waals surface area contributed by atoms with E-state index < -0.39 is 0 Å². The average Bonchev–Trinajstić information content (AvgIpc) is 3.21. The van der Waals surface area contributed by atoms with Gasteiger partial charge in [-0.15, -0.1) is 0 Å². The first-order valence-electron chi connectivity index (χ1n) is 9.68. The molecule has 146 valence electrons. The highest BCUT2D eigenvalue weighted by Crippen LogP contribution is 2.32. The Hall–Kier alpha value is -3.02. The predicted octanol–water partition coefficient (Wildman–Crippen LogP) is 2.63. The van der Waals surface area contributed by atoms with E-state index in [1.165, 1.54) is 5.56 Å². The first kappa shape index (κ1) is 18.3. The maximum Gasteiger partial charge on any atom is 0.251 e. The lowest BCUT2D eigenvalue weighted by Crippen LogP contribution is -2.44. The van der Waals surface area contributed by atoms with Crippen LogP contribution in [0.15, 0.2) is 48.5 Å². The van der Waals surface area contributed by atoms with Gasteiger partial charge < -0.3 is 19.7 Å². The van der Waals surface area contributed by atoms with Gasteiger partial charge in [0, 0.05) is 18.7 Å². The van der Waals surface area contributed by atoms with E-state index in [-0.39, 0.29) is 25.2 Å². The summed E-state index contributed by atoms with van der Waals surface area (Å²) in [5, 5.41) is 2.71. The molecule has 0 radical (unpaired) electrons. The van der Waals surface area contributed by atoms with Gasteiger partial charge in [-0.05, 0) is 48.9 Å². The zero-order chi connectivity index (χ0) is 19.3. The van der Waals surface area contributed by atoms with Crippen LogP contribution < -0.4 is 14.8 Å². The molecule has 2 aromatic rings. The average molecular weight is 380 g/mol. The van der Waals surface area contributed by atoms with E-state index in [4.69, 9.17) is 9.47 Å². The molecule has 6 nitrogen and oxygen atoms in total. The Morgan fingerprint density at radius 2 is 1.75 bits per heavy atom. The van der Waals surface area contributed by atoms with Crippen molar-refractivity contribution in [3.63, 3.8) is 0 Å². The lowest BCUT2D eigenvalue weighted by molar-refractivity contribution is -0.131. The molecule has 2 aromatic carbocycles. The quantitative estimate of drug-likeness (QED) is 0.866. The molecule has 0 bridgehead atoms. The van der Waals surface area contributed by atoms with Crippen molar-refractivity contribution >= 4 is 11.8 Å². The van der Waals surface area contributed by atoms with E-state index in [9.17, 15) is 9.59 Å². The van der Waals surface area contributed by atoms with Crippen LogP contribution in [0.1, 0.15) is 28.8 Å². The third-order valence-electron chi connectivity index (χ3n) is 5.37. The van der Waals surface area contributed by atoms with Crippen LogP contribution >= 0.6 is 0 Å². The lowest BCUT2D eigenvalue weighted by atomic mass is 9.90. The summed E-state index contributed by atoms with van der Waals surface area (Å²) < 4.78 is 10.5. The Labute approximate surface area is 164 Å². The van der Waals surface area contributed by atoms with Gasteiger partial charge in [-0.3, -0.25) is 9.59 Å². The predicted molar refractivity (Wildman–Crippen MR) is 104 cm³/mol. The Balaban J connectivity index is 1.23. The standard InChI is InChI=1S/C22H24N2O4/c25-21(14-23-22(26)18-6-7-19-20(13-18)28-15-27-19)24-10-8-17(9-11-24)12-16-4-2-1-3-5-16/h1-7,13,17H,8-12,14-15H2,(H,23,26). The summed E-state index contributed by atoms with van der Waals surface area (Å²) in [4.78, 5) is 26.6. The van der Waals surface area contributed by atoms with Crippen molar-refractivity contribution in [1.82, 2.24) is 10.2 Å². The summed E-state index contributed by atoms with van der Waals surface area (Å²) >= 11 is 0. The number of ether oxygens (including phenoxy) is 2. The number of carbonyl (C=O) groups excluding carboxylic acids is 2. The number of rotatable bonds is 5. The van der Waals surface area contributed by atoms with Crippen LogP contribution in [0.2, 0.25) is 0 Å². The molecule has 0 aromatic heterocycles. The number of carbonyl (C=O) groups is 2. The van der Waals surface area contributed by atoms with E-state index in [0.29, 0.717) is 23.0 Å². The molecule has 2 aliphatic rings. The molecular formula is C22H24N2O4. The summed E-state index contributed by atoms with van der Waals surface area (Å²) in [6.45, 7) is 1.67. The molecule has 0 aliphatic carbocycles. The van der Waals surface area contributed by atoms with Gasteiger partial charge in [-0.25, -0.2) is 0 Å². The Kier molecular flexibility index (Phi) is 5.46. The van der Waals surface area contributed by atoms with Crippen LogP contribution in [-0.2, 0) is 11.2 Å². The van der Waals surface area contributed by atoms with Crippen molar-refractivity contribution in [1.29, 1.82) is 0 Å². The maximum absolute atomic E-state index is 12.5. The number of benzene rings is 2. The number of likely N-dealkylation sites (tertiary alicyclic amines) is 1. The minimum absolute atomic E-state index is 0.0105. The SMILES string of the molecule is O=C(NCC(=O)N1CCC(Cc2ccccc2)CC1)c1ccc2c(c1)OCO2. The second-order valence-electron chi connectivity index (χ2n) is 7.26. The smallest absolute Gasteiger partial charge is 0.251 e. The summed E-state index contributed by atoms with van der Waals surface area (Å²) in [7, 11) is 0. The van der Waals surface area contributed by atoms with Crippen molar-refractivity contribution in [2.45, 2.75) is 19.3 Å². The zero-order valence-corrected chi connectivity index (χ0v) is 15.7. The Morgan fingerprint density at radius 1 is 1.00 bits per heavy atom. The van der Waals surface area contributed by atoms with Gasteiger partial charge >= 0.3 is 0 Å². The van der Waals surface area contributed by atoms with Crippen LogP contribution in [0.3, 0.4) is 0 Å². The number of hydrogen-bond acceptors (Lipinski definition) is 4. The van der Waals surface area contributed by atoms with E-state index >= 15 is 0 Å². The molecule has 2 amide bonds. The van der Waals surface area contributed by atoms with Crippen molar-refractivity contribution in [3.8, 4) is 11.5 Å². The molecule has 1 saturated heterocycles. The van der Waals surface area contributed by atoms with E-state index in [2.05, 4.69) is 29.6 Å². The van der Waals surface area contributed by atoms with Crippen LogP contribution in [0.4, 0.5) is 0 Å². The molecule has 1 fully saturated rings. The normalized spacial score (nSPS) is 16.1. The third kappa shape index (κ3) is 4.27. The molecule has 0 spiro atoms. The number of amides is 2. The van der Waals surface area contributed by atoms with Crippen LogP contribution in [0.25, 0.3) is 0 Å². The highest BCUT2D eigenvalue weighted by atomic mass is 16.7. The van der Waals surface area contributed by atoms with Crippen molar-refractivity contribution < 1.29 is 19.1 Å². The van der Waals surface area contributed by atoms with E-state index in [1.54, 1.807) is 18.2 Å². The van der Waals surface area contributed by atoms with Crippen LogP contribution in [-0.4, -0.2) is 43.1 Å². The Morgan fingerprint density at radius 3 is 2.54 bits per heavy atom. The summed E-state index contributed by atoms with van der Waals surface area (Å²) in [6, 6.07) is 15.5.